The third kappa shape index (κ3) is 5.19. The highest BCUT2D eigenvalue weighted by atomic mass is 32.2. The first-order chi connectivity index (χ1) is 14.1. The smallest absolute Gasteiger partial charge is 0.335 e. The molecule has 11 heteroatoms. The summed E-state index contributed by atoms with van der Waals surface area (Å²) in [6.07, 6.45) is 0. The summed E-state index contributed by atoms with van der Waals surface area (Å²) in [4.78, 5) is 23.4. The first-order valence-corrected chi connectivity index (χ1v) is 11.0. The minimum Gasteiger partial charge on any atom is -0.478 e. The summed E-state index contributed by atoms with van der Waals surface area (Å²) < 4.78 is 30.2. The molecule has 0 saturated carbocycles. The average Bonchev–Trinajstić information content (AvgIpc) is 3.00. The summed E-state index contributed by atoms with van der Waals surface area (Å²) in [5.41, 5.74) is 1.42. The third-order valence-corrected chi connectivity index (χ3v) is 6.21. The van der Waals surface area contributed by atoms with Crippen molar-refractivity contribution in [1.82, 2.24) is 9.78 Å². The Hall–Kier alpha value is -3.31. The lowest BCUT2D eigenvalue weighted by Crippen LogP contribution is -2.27. The van der Waals surface area contributed by atoms with Crippen LogP contribution in [-0.2, 0) is 21.4 Å². The number of nitrogens with zero attached hydrogens (tertiary/aromatic N) is 3. The van der Waals surface area contributed by atoms with Crippen molar-refractivity contribution < 1.29 is 23.1 Å². The van der Waals surface area contributed by atoms with Crippen molar-refractivity contribution in [3.8, 4) is 0 Å². The lowest BCUT2D eigenvalue weighted by Gasteiger charge is -2.06. The molecule has 30 heavy (non-hydrogen) atoms. The third-order valence-electron chi connectivity index (χ3n) is 3.95. The minimum absolute atomic E-state index is 0.0497. The number of amides is 1. The topological polar surface area (TPSA) is 131 Å². The van der Waals surface area contributed by atoms with Gasteiger partial charge in [0.1, 0.15) is 11.6 Å². The number of carboxylic acids is 1. The Balaban J connectivity index is 1.82. The van der Waals surface area contributed by atoms with Gasteiger partial charge in [0, 0.05) is 5.69 Å². The molecule has 0 aliphatic rings. The van der Waals surface area contributed by atoms with Crippen molar-refractivity contribution in [3.05, 3.63) is 69.5 Å². The van der Waals surface area contributed by atoms with E-state index in [2.05, 4.69) is 14.8 Å². The summed E-state index contributed by atoms with van der Waals surface area (Å²) in [6.45, 7) is 3.27. The van der Waals surface area contributed by atoms with Gasteiger partial charge in [-0.3, -0.25) is 4.79 Å². The van der Waals surface area contributed by atoms with E-state index in [-0.39, 0.29) is 21.8 Å². The van der Waals surface area contributed by atoms with Crippen LogP contribution in [0.3, 0.4) is 0 Å². The molecule has 3 rings (SSSR count). The van der Waals surface area contributed by atoms with E-state index in [0.717, 1.165) is 16.9 Å². The fraction of sp³-hybridized carbons (Fsp3) is 0.158. The second kappa shape index (κ2) is 8.59. The zero-order valence-electron chi connectivity index (χ0n) is 16.1. The van der Waals surface area contributed by atoms with Gasteiger partial charge in [-0.25, -0.2) is 9.48 Å². The summed E-state index contributed by atoms with van der Waals surface area (Å²) in [7, 11) is -3.96. The fourth-order valence-corrected chi connectivity index (χ4v) is 4.43. The molecule has 1 aromatic heterocycles. The lowest BCUT2D eigenvalue weighted by molar-refractivity contribution is -0.117. The van der Waals surface area contributed by atoms with E-state index in [4.69, 9.17) is 5.11 Å². The van der Waals surface area contributed by atoms with Crippen molar-refractivity contribution in [3.63, 3.8) is 0 Å². The molecule has 2 aromatic carbocycles. The molecule has 0 aliphatic heterocycles. The molecule has 0 saturated heterocycles. The van der Waals surface area contributed by atoms with E-state index in [0.29, 0.717) is 10.7 Å². The molecule has 1 heterocycles. The average molecular weight is 447 g/mol. The monoisotopic (exact) mass is 446 g/mol. The second-order valence-corrected chi connectivity index (χ2v) is 9.14. The number of aryl methyl sites for hydroxylation is 2. The Kier molecular flexibility index (Phi) is 6.13. The van der Waals surface area contributed by atoms with E-state index < -0.39 is 21.9 Å². The van der Waals surface area contributed by atoms with Crippen LogP contribution in [0.2, 0.25) is 0 Å². The zero-order valence-corrected chi connectivity index (χ0v) is 17.7. The Morgan fingerprint density at radius 3 is 2.33 bits per heavy atom. The Labute approximate surface area is 176 Å². The summed E-state index contributed by atoms with van der Waals surface area (Å²) in [5, 5.41) is 16.2. The number of aromatic carboxylic acids is 1. The molecule has 9 nitrogen and oxygen atoms in total. The number of nitrogens with one attached hydrogen (secondary N) is 1. The highest BCUT2D eigenvalue weighted by Crippen LogP contribution is 2.13. The highest BCUT2D eigenvalue weighted by molar-refractivity contribution is 7.90. The van der Waals surface area contributed by atoms with Gasteiger partial charge in [-0.2, -0.15) is 13.5 Å². The molecule has 0 aliphatic carbocycles. The lowest BCUT2D eigenvalue weighted by atomic mass is 10.2. The number of carbonyl (C=O) groups excluding carboxylic acids is 1. The fourth-order valence-electron chi connectivity index (χ4n) is 2.49. The van der Waals surface area contributed by atoms with Crippen LogP contribution in [0.4, 0.5) is 5.69 Å². The molecule has 0 unspecified atom stereocenters. The van der Waals surface area contributed by atoms with Gasteiger partial charge in [-0.05, 0) is 50.2 Å². The van der Waals surface area contributed by atoms with E-state index >= 15 is 0 Å². The number of carbonyl (C=O) groups is 2. The van der Waals surface area contributed by atoms with Gasteiger partial charge >= 0.3 is 5.97 Å². The first kappa shape index (κ1) is 21.4. The summed E-state index contributed by atoms with van der Waals surface area (Å²) in [6, 6.07) is 12.0. The normalized spacial score (nSPS) is 12.0. The standard InChI is InChI=1S/C19H18N4O5S2/c1-12-3-9-16(10-4-12)30(27,28)22-19-23(21-13(2)29-19)11-17(24)20-15-7-5-14(6-8-15)18(25)26/h3-10H,11H2,1-2H3,(H,20,24)(H,25,26). The van der Waals surface area contributed by atoms with Crippen LogP contribution in [0.5, 0.6) is 0 Å². The quantitative estimate of drug-likeness (QED) is 0.597. The molecule has 3 aromatic rings. The minimum atomic E-state index is -3.96. The van der Waals surface area contributed by atoms with Gasteiger partial charge in [-0.1, -0.05) is 29.0 Å². The van der Waals surface area contributed by atoms with Crippen LogP contribution < -0.4 is 10.1 Å². The number of rotatable bonds is 6. The molecule has 1 amide bonds. The maximum absolute atomic E-state index is 12.6. The van der Waals surface area contributed by atoms with Gasteiger partial charge in [-0.15, -0.1) is 4.40 Å². The summed E-state index contributed by atoms with van der Waals surface area (Å²) >= 11 is 1.05. The van der Waals surface area contributed by atoms with E-state index in [9.17, 15) is 18.0 Å². The van der Waals surface area contributed by atoms with Gasteiger partial charge in [0.2, 0.25) is 10.7 Å². The predicted molar refractivity (Wildman–Crippen MR) is 111 cm³/mol. The first-order valence-electron chi connectivity index (χ1n) is 8.69. The largest absolute Gasteiger partial charge is 0.478 e. The molecule has 0 bridgehead atoms. The molecule has 0 spiro atoms. The van der Waals surface area contributed by atoms with E-state index in [1.807, 2.05) is 6.92 Å². The number of sulfonamides is 1. The van der Waals surface area contributed by atoms with Gasteiger partial charge in [0.25, 0.3) is 10.0 Å². The Bertz CT molecular complexity index is 1260. The van der Waals surface area contributed by atoms with Crippen LogP contribution in [-0.4, -0.2) is 35.2 Å². The zero-order chi connectivity index (χ0) is 21.9. The number of carboxylic acid groups (broad SMARTS) is 1. The molecule has 0 atom stereocenters. The molecular formula is C19H18N4O5S2. The van der Waals surface area contributed by atoms with Gasteiger partial charge in [0.05, 0.1) is 10.5 Å². The number of anilines is 1. The SMILES string of the molecule is Cc1ccc(S(=O)(=O)N=c2sc(C)nn2CC(=O)Nc2ccc(C(=O)O)cc2)cc1. The summed E-state index contributed by atoms with van der Waals surface area (Å²) in [5.74, 6) is -1.53. The van der Waals surface area contributed by atoms with Gasteiger partial charge in [0.15, 0.2) is 0 Å². The van der Waals surface area contributed by atoms with E-state index in [1.54, 1.807) is 19.1 Å². The van der Waals surface area contributed by atoms with Crippen molar-refractivity contribution in [1.29, 1.82) is 0 Å². The number of hydrogen-bond acceptors (Lipinski definition) is 6. The van der Waals surface area contributed by atoms with Crippen LogP contribution in [0.15, 0.2) is 57.8 Å². The number of hydrogen-bond donors (Lipinski definition) is 2. The van der Waals surface area contributed by atoms with Crippen molar-refractivity contribution in [2.45, 2.75) is 25.3 Å². The van der Waals surface area contributed by atoms with E-state index in [1.165, 1.54) is 41.1 Å². The van der Waals surface area contributed by atoms with Crippen LogP contribution in [0.1, 0.15) is 20.9 Å². The van der Waals surface area contributed by atoms with Gasteiger partial charge < -0.3 is 10.4 Å². The van der Waals surface area contributed by atoms with Crippen LogP contribution in [0, 0.1) is 13.8 Å². The Morgan fingerprint density at radius 1 is 1.10 bits per heavy atom. The maximum Gasteiger partial charge on any atom is 0.335 e. The van der Waals surface area contributed by atoms with Crippen molar-refractivity contribution >= 4 is 38.9 Å². The van der Waals surface area contributed by atoms with Crippen molar-refractivity contribution in [2.75, 3.05) is 5.32 Å². The molecule has 2 N–H and O–H groups in total. The molecule has 0 fully saturated rings. The van der Waals surface area contributed by atoms with Crippen LogP contribution >= 0.6 is 11.3 Å². The Morgan fingerprint density at radius 2 is 1.73 bits per heavy atom. The molecule has 156 valence electrons. The predicted octanol–water partition coefficient (Wildman–Crippen LogP) is 2.19. The maximum atomic E-state index is 12.6. The second-order valence-electron chi connectivity index (χ2n) is 6.37. The number of benzene rings is 2. The van der Waals surface area contributed by atoms with Crippen LogP contribution in [0.25, 0.3) is 0 Å². The number of aromatic nitrogens is 2. The highest BCUT2D eigenvalue weighted by Gasteiger charge is 2.15. The molecular weight excluding hydrogens is 428 g/mol. The molecule has 0 radical (unpaired) electrons. The van der Waals surface area contributed by atoms with Crippen molar-refractivity contribution in [2.24, 2.45) is 4.40 Å².